The predicted octanol–water partition coefficient (Wildman–Crippen LogP) is 2.20. The lowest BCUT2D eigenvalue weighted by molar-refractivity contribution is -0.123. The van der Waals surface area contributed by atoms with Crippen LogP contribution >= 0.6 is 0 Å². The molecule has 1 aromatic carbocycles. The van der Waals surface area contributed by atoms with Gasteiger partial charge >= 0.3 is 0 Å². The van der Waals surface area contributed by atoms with Crippen LogP contribution in [0.3, 0.4) is 0 Å². The lowest BCUT2D eigenvalue weighted by Crippen LogP contribution is -2.25. The number of ether oxygens (including phenoxy) is 1. The molecule has 0 spiro atoms. The van der Waals surface area contributed by atoms with E-state index in [9.17, 15) is 4.79 Å². The van der Waals surface area contributed by atoms with Gasteiger partial charge in [-0.05, 0) is 31.2 Å². The number of nitrogens with zero attached hydrogens (tertiary/aromatic N) is 1. The Hall–Kier alpha value is -2.56. The van der Waals surface area contributed by atoms with Crippen molar-refractivity contribution in [2.45, 2.75) is 6.92 Å². The van der Waals surface area contributed by atoms with Crippen molar-refractivity contribution in [2.24, 2.45) is 5.10 Å². The van der Waals surface area contributed by atoms with Crippen LogP contribution in [0.5, 0.6) is 5.75 Å². The van der Waals surface area contributed by atoms with E-state index in [1.807, 2.05) is 18.2 Å². The summed E-state index contributed by atoms with van der Waals surface area (Å²) in [6, 6.07) is 12.7. The summed E-state index contributed by atoms with van der Waals surface area (Å²) in [6.07, 6.45) is 1.55. The molecule has 0 aliphatic rings. The normalized spacial score (nSPS) is 11.1. The number of rotatable bonds is 5. The van der Waals surface area contributed by atoms with Crippen molar-refractivity contribution in [3.63, 3.8) is 0 Å². The fourth-order valence-corrected chi connectivity index (χ4v) is 1.38. The molecule has 2 rings (SSSR count). The molecule has 1 aromatic heterocycles. The predicted molar refractivity (Wildman–Crippen MR) is 71.0 cm³/mol. The summed E-state index contributed by atoms with van der Waals surface area (Å²) in [7, 11) is 0. The van der Waals surface area contributed by atoms with E-state index in [0.717, 1.165) is 0 Å². The molecular formula is C14H14N2O3. The maximum absolute atomic E-state index is 11.5. The van der Waals surface area contributed by atoms with E-state index in [1.165, 1.54) is 0 Å². The van der Waals surface area contributed by atoms with Gasteiger partial charge < -0.3 is 9.15 Å². The molecule has 5 nitrogen and oxygen atoms in total. The van der Waals surface area contributed by atoms with Crippen LogP contribution in [0.2, 0.25) is 0 Å². The summed E-state index contributed by atoms with van der Waals surface area (Å²) in [5.41, 5.74) is 3.00. The first-order chi connectivity index (χ1) is 9.25. The van der Waals surface area contributed by atoms with Gasteiger partial charge in [-0.15, -0.1) is 0 Å². The molecule has 19 heavy (non-hydrogen) atoms. The maximum Gasteiger partial charge on any atom is 0.277 e. The van der Waals surface area contributed by atoms with Crippen LogP contribution in [0.25, 0.3) is 0 Å². The van der Waals surface area contributed by atoms with E-state index in [0.29, 0.717) is 17.2 Å². The number of furan rings is 1. The molecule has 2 aromatic rings. The Bertz CT molecular complexity index is 547. The lowest BCUT2D eigenvalue weighted by atomic mass is 10.3. The number of hydrazone groups is 1. The first-order valence-electron chi connectivity index (χ1n) is 5.80. The molecular weight excluding hydrogens is 244 g/mol. The highest BCUT2D eigenvalue weighted by molar-refractivity contribution is 5.96. The minimum absolute atomic E-state index is 0.0844. The van der Waals surface area contributed by atoms with Gasteiger partial charge in [-0.3, -0.25) is 4.79 Å². The second-order valence-electron chi connectivity index (χ2n) is 3.81. The second kappa shape index (κ2) is 6.39. The van der Waals surface area contributed by atoms with Gasteiger partial charge in [0.25, 0.3) is 5.91 Å². The molecule has 0 fully saturated rings. The molecule has 0 unspecified atom stereocenters. The number of amides is 1. The Balaban J connectivity index is 1.80. The smallest absolute Gasteiger partial charge is 0.277 e. The molecule has 0 bridgehead atoms. The van der Waals surface area contributed by atoms with E-state index in [2.05, 4.69) is 10.5 Å². The van der Waals surface area contributed by atoms with Gasteiger partial charge in [-0.1, -0.05) is 18.2 Å². The first-order valence-corrected chi connectivity index (χ1v) is 5.80. The van der Waals surface area contributed by atoms with Gasteiger partial charge in [0.05, 0.1) is 6.26 Å². The fourth-order valence-electron chi connectivity index (χ4n) is 1.38. The van der Waals surface area contributed by atoms with Crippen LogP contribution in [0, 0.1) is 0 Å². The zero-order valence-electron chi connectivity index (χ0n) is 10.5. The molecule has 0 aliphatic carbocycles. The average Bonchev–Trinajstić information content (AvgIpc) is 2.98. The molecule has 0 saturated heterocycles. The summed E-state index contributed by atoms with van der Waals surface area (Å²) in [5.74, 6) is 0.934. The topological polar surface area (TPSA) is 63.8 Å². The minimum Gasteiger partial charge on any atom is -0.484 e. The van der Waals surface area contributed by atoms with Crippen molar-refractivity contribution in [1.82, 2.24) is 5.43 Å². The highest BCUT2D eigenvalue weighted by atomic mass is 16.5. The summed E-state index contributed by atoms with van der Waals surface area (Å²) in [4.78, 5) is 11.5. The number of hydrogen-bond acceptors (Lipinski definition) is 4. The Labute approximate surface area is 110 Å². The third-order valence-corrected chi connectivity index (χ3v) is 2.34. The summed E-state index contributed by atoms with van der Waals surface area (Å²) >= 11 is 0. The van der Waals surface area contributed by atoms with Gasteiger partial charge in [-0.2, -0.15) is 5.10 Å². The van der Waals surface area contributed by atoms with Crippen LogP contribution in [0.15, 0.2) is 58.2 Å². The van der Waals surface area contributed by atoms with Crippen LogP contribution in [-0.2, 0) is 4.79 Å². The number of nitrogens with one attached hydrogen (secondary N) is 1. The van der Waals surface area contributed by atoms with Crippen molar-refractivity contribution in [1.29, 1.82) is 0 Å². The van der Waals surface area contributed by atoms with E-state index in [4.69, 9.17) is 9.15 Å². The molecule has 98 valence electrons. The maximum atomic E-state index is 11.5. The molecule has 0 radical (unpaired) electrons. The number of hydrogen-bond donors (Lipinski definition) is 1. The van der Waals surface area contributed by atoms with Crippen LogP contribution in [0.1, 0.15) is 12.7 Å². The average molecular weight is 258 g/mol. The standard InChI is InChI=1S/C14H14N2O3/c1-11(13-8-5-9-18-13)15-16-14(17)10-19-12-6-3-2-4-7-12/h2-9H,10H2,1H3,(H,16,17). The number of para-hydroxylation sites is 1. The lowest BCUT2D eigenvalue weighted by Gasteiger charge is -2.04. The third-order valence-electron chi connectivity index (χ3n) is 2.34. The van der Waals surface area contributed by atoms with Crippen LogP contribution in [0.4, 0.5) is 0 Å². The van der Waals surface area contributed by atoms with Crippen molar-refractivity contribution < 1.29 is 13.9 Å². The summed E-state index contributed by atoms with van der Waals surface area (Å²) in [5, 5.41) is 3.92. The zero-order chi connectivity index (χ0) is 13.5. The molecule has 0 saturated carbocycles. The minimum atomic E-state index is -0.324. The fraction of sp³-hybridized carbons (Fsp3) is 0.143. The van der Waals surface area contributed by atoms with Crippen molar-refractivity contribution >= 4 is 11.6 Å². The Kier molecular flexibility index (Phi) is 4.34. The third kappa shape index (κ3) is 3.99. The van der Waals surface area contributed by atoms with Gasteiger partial charge in [0, 0.05) is 0 Å². The zero-order valence-corrected chi connectivity index (χ0v) is 10.5. The monoisotopic (exact) mass is 258 g/mol. The van der Waals surface area contributed by atoms with E-state index in [-0.39, 0.29) is 12.5 Å². The molecule has 1 heterocycles. The number of benzene rings is 1. The molecule has 5 heteroatoms. The first kappa shape index (κ1) is 12.9. The Morgan fingerprint density at radius 2 is 2.05 bits per heavy atom. The van der Waals surface area contributed by atoms with Crippen molar-refractivity contribution in [3.8, 4) is 5.75 Å². The largest absolute Gasteiger partial charge is 0.484 e. The van der Waals surface area contributed by atoms with Gasteiger partial charge in [-0.25, -0.2) is 5.43 Å². The van der Waals surface area contributed by atoms with E-state index >= 15 is 0 Å². The summed E-state index contributed by atoms with van der Waals surface area (Å²) < 4.78 is 10.4. The Morgan fingerprint density at radius 3 is 2.74 bits per heavy atom. The van der Waals surface area contributed by atoms with Gasteiger partial charge in [0.15, 0.2) is 6.61 Å². The van der Waals surface area contributed by atoms with Gasteiger partial charge in [0.2, 0.25) is 0 Å². The SMILES string of the molecule is CC(=NNC(=O)COc1ccccc1)c1ccco1. The highest BCUT2D eigenvalue weighted by Gasteiger charge is 2.03. The quantitative estimate of drug-likeness (QED) is 0.660. The molecule has 1 amide bonds. The Morgan fingerprint density at radius 1 is 1.26 bits per heavy atom. The molecule has 0 aliphatic heterocycles. The highest BCUT2D eigenvalue weighted by Crippen LogP contribution is 2.07. The van der Waals surface area contributed by atoms with Crippen molar-refractivity contribution in [3.05, 3.63) is 54.5 Å². The van der Waals surface area contributed by atoms with Crippen LogP contribution in [-0.4, -0.2) is 18.2 Å². The van der Waals surface area contributed by atoms with E-state index < -0.39 is 0 Å². The second-order valence-corrected chi connectivity index (χ2v) is 3.81. The summed E-state index contributed by atoms with van der Waals surface area (Å²) in [6.45, 7) is 1.66. The van der Waals surface area contributed by atoms with E-state index in [1.54, 1.807) is 37.5 Å². The molecule has 1 N–H and O–H groups in total. The number of carbonyl (C=O) groups excluding carboxylic acids is 1. The van der Waals surface area contributed by atoms with Crippen LogP contribution < -0.4 is 10.2 Å². The molecule has 0 atom stereocenters. The number of carbonyl (C=O) groups is 1. The van der Waals surface area contributed by atoms with Gasteiger partial charge in [0.1, 0.15) is 17.2 Å². The van der Waals surface area contributed by atoms with Crippen molar-refractivity contribution in [2.75, 3.05) is 6.61 Å².